The summed E-state index contributed by atoms with van der Waals surface area (Å²) < 4.78 is 0. The third-order valence-corrected chi connectivity index (χ3v) is 2.00. The van der Waals surface area contributed by atoms with Gasteiger partial charge < -0.3 is 20.8 Å². The van der Waals surface area contributed by atoms with E-state index in [-0.39, 0.29) is 23.6 Å². The monoisotopic (exact) mass is 224 g/mol. The fraction of sp³-hybridized carbons (Fsp3) is 0.500. The molecular formula is C12H20N2O2. The van der Waals surface area contributed by atoms with E-state index in [4.69, 9.17) is 0 Å². The van der Waals surface area contributed by atoms with Crippen molar-refractivity contribution in [2.24, 2.45) is 0 Å². The molecule has 0 spiro atoms. The van der Waals surface area contributed by atoms with Gasteiger partial charge in [-0.2, -0.15) is 0 Å². The molecule has 4 N–H and O–H groups in total. The molecule has 16 heavy (non-hydrogen) atoms. The van der Waals surface area contributed by atoms with Crippen LogP contribution in [0.1, 0.15) is 27.7 Å². The first-order valence-corrected chi connectivity index (χ1v) is 5.49. The lowest BCUT2D eigenvalue weighted by molar-refractivity contribution is 0.452. The number of nitrogens with one attached hydrogen (secondary N) is 2. The molecule has 4 nitrogen and oxygen atoms in total. The van der Waals surface area contributed by atoms with Crippen LogP contribution in [0.15, 0.2) is 12.1 Å². The van der Waals surface area contributed by atoms with E-state index in [0.29, 0.717) is 11.4 Å². The van der Waals surface area contributed by atoms with Gasteiger partial charge in [0.05, 0.1) is 11.4 Å². The van der Waals surface area contributed by atoms with Gasteiger partial charge in [0.1, 0.15) is 11.5 Å². The van der Waals surface area contributed by atoms with Gasteiger partial charge in [-0.1, -0.05) is 0 Å². The van der Waals surface area contributed by atoms with Gasteiger partial charge in [-0.25, -0.2) is 0 Å². The molecular weight excluding hydrogens is 204 g/mol. The van der Waals surface area contributed by atoms with Gasteiger partial charge in [-0.05, 0) is 33.8 Å². The SMILES string of the molecule is CC(C)Nc1cc(NC(C)C)c(O)cc1O. The fourth-order valence-electron chi connectivity index (χ4n) is 1.43. The minimum Gasteiger partial charge on any atom is -0.506 e. The lowest BCUT2D eigenvalue weighted by atomic mass is 10.2. The molecule has 0 aliphatic carbocycles. The Bertz CT molecular complexity index is 331. The second-order valence-electron chi connectivity index (χ2n) is 4.48. The standard InChI is InChI=1S/C12H20N2O2/c1-7(2)13-9-5-10(14-8(3)4)12(16)6-11(9)15/h5-8,13-16H,1-4H3. The second-order valence-corrected chi connectivity index (χ2v) is 4.48. The molecule has 0 atom stereocenters. The normalized spacial score (nSPS) is 10.9. The highest BCUT2D eigenvalue weighted by Crippen LogP contribution is 2.35. The van der Waals surface area contributed by atoms with Gasteiger partial charge in [0.15, 0.2) is 0 Å². The summed E-state index contributed by atoms with van der Waals surface area (Å²) in [5.74, 6) is 0.112. The van der Waals surface area contributed by atoms with Crippen molar-refractivity contribution in [1.82, 2.24) is 0 Å². The first kappa shape index (κ1) is 12.5. The largest absolute Gasteiger partial charge is 0.506 e. The molecule has 0 amide bonds. The average Bonchev–Trinajstić information content (AvgIpc) is 2.11. The molecule has 0 aromatic heterocycles. The number of anilines is 2. The van der Waals surface area contributed by atoms with Gasteiger partial charge in [-0.3, -0.25) is 0 Å². The number of rotatable bonds is 4. The zero-order chi connectivity index (χ0) is 12.3. The molecule has 0 unspecified atom stereocenters. The first-order chi connectivity index (χ1) is 7.40. The third-order valence-electron chi connectivity index (χ3n) is 2.00. The van der Waals surface area contributed by atoms with E-state index in [1.807, 2.05) is 27.7 Å². The van der Waals surface area contributed by atoms with Crippen LogP contribution in [-0.4, -0.2) is 22.3 Å². The number of phenols is 2. The van der Waals surface area contributed by atoms with Crippen LogP contribution in [0.5, 0.6) is 11.5 Å². The van der Waals surface area contributed by atoms with Crippen molar-refractivity contribution in [2.45, 2.75) is 39.8 Å². The number of aromatic hydroxyl groups is 2. The van der Waals surface area contributed by atoms with E-state index in [1.54, 1.807) is 6.07 Å². The van der Waals surface area contributed by atoms with Crippen LogP contribution in [0.3, 0.4) is 0 Å². The van der Waals surface area contributed by atoms with Gasteiger partial charge in [0.2, 0.25) is 0 Å². The van der Waals surface area contributed by atoms with Crippen molar-refractivity contribution in [2.75, 3.05) is 10.6 Å². The van der Waals surface area contributed by atoms with Gasteiger partial charge in [0.25, 0.3) is 0 Å². The molecule has 0 aliphatic heterocycles. The molecule has 4 heteroatoms. The maximum Gasteiger partial charge on any atom is 0.142 e. The summed E-state index contributed by atoms with van der Waals surface area (Å²) in [7, 11) is 0. The Morgan fingerprint density at radius 3 is 1.50 bits per heavy atom. The van der Waals surface area contributed by atoms with E-state index in [1.165, 1.54) is 6.07 Å². The van der Waals surface area contributed by atoms with E-state index in [2.05, 4.69) is 10.6 Å². The van der Waals surface area contributed by atoms with E-state index < -0.39 is 0 Å². The maximum atomic E-state index is 9.65. The quantitative estimate of drug-likeness (QED) is 0.469. The molecule has 0 bridgehead atoms. The van der Waals surface area contributed by atoms with Crippen LogP contribution in [0, 0.1) is 0 Å². The lowest BCUT2D eigenvalue weighted by Crippen LogP contribution is -2.12. The Hall–Kier alpha value is -1.58. The Balaban J connectivity index is 3.01. The minimum absolute atomic E-state index is 0.0560. The van der Waals surface area contributed by atoms with Gasteiger partial charge in [0, 0.05) is 18.2 Å². The molecule has 0 saturated carbocycles. The summed E-state index contributed by atoms with van der Waals surface area (Å²) in [4.78, 5) is 0. The van der Waals surface area contributed by atoms with Crippen molar-refractivity contribution in [3.8, 4) is 11.5 Å². The summed E-state index contributed by atoms with van der Waals surface area (Å²) in [6, 6.07) is 3.50. The van der Waals surface area contributed by atoms with Crippen molar-refractivity contribution in [3.05, 3.63) is 12.1 Å². The number of benzene rings is 1. The summed E-state index contributed by atoms with van der Waals surface area (Å²) in [5.41, 5.74) is 1.24. The predicted octanol–water partition coefficient (Wildman–Crippen LogP) is 2.74. The van der Waals surface area contributed by atoms with Crippen molar-refractivity contribution in [1.29, 1.82) is 0 Å². The lowest BCUT2D eigenvalue weighted by Gasteiger charge is -2.16. The molecule has 1 aromatic rings. The highest BCUT2D eigenvalue weighted by Gasteiger charge is 2.09. The summed E-state index contributed by atoms with van der Waals surface area (Å²) in [5, 5.41) is 25.5. The Morgan fingerprint density at radius 2 is 1.19 bits per heavy atom. The van der Waals surface area contributed by atoms with E-state index >= 15 is 0 Å². The van der Waals surface area contributed by atoms with Crippen LogP contribution in [-0.2, 0) is 0 Å². The predicted molar refractivity (Wildman–Crippen MR) is 67.3 cm³/mol. The van der Waals surface area contributed by atoms with Crippen LogP contribution in [0.25, 0.3) is 0 Å². The summed E-state index contributed by atoms with van der Waals surface area (Å²) in [6.45, 7) is 7.95. The Morgan fingerprint density at radius 1 is 0.812 bits per heavy atom. The van der Waals surface area contributed by atoms with E-state index in [0.717, 1.165) is 0 Å². The van der Waals surface area contributed by atoms with Crippen molar-refractivity contribution in [3.63, 3.8) is 0 Å². The third kappa shape index (κ3) is 3.22. The molecule has 0 radical (unpaired) electrons. The molecule has 1 rings (SSSR count). The fourth-order valence-corrected chi connectivity index (χ4v) is 1.43. The van der Waals surface area contributed by atoms with Crippen LogP contribution >= 0.6 is 0 Å². The number of phenolic OH excluding ortho intramolecular Hbond substituents is 2. The summed E-state index contributed by atoms with van der Waals surface area (Å²) >= 11 is 0. The minimum atomic E-state index is 0.0560. The molecule has 1 aromatic carbocycles. The Kier molecular flexibility index (Phi) is 3.88. The van der Waals surface area contributed by atoms with E-state index in [9.17, 15) is 10.2 Å². The molecule has 90 valence electrons. The topological polar surface area (TPSA) is 64.5 Å². The van der Waals surface area contributed by atoms with Crippen LogP contribution in [0.2, 0.25) is 0 Å². The highest BCUT2D eigenvalue weighted by atomic mass is 16.3. The van der Waals surface area contributed by atoms with Gasteiger partial charge in [-0.15, -0.1) is 0 Å². The highest BCUT2D eigenvalue weighted by molar-refractivity contribution is 5.70. The van der Waals surface area contributed by atoms with Crippen molar-refractivity contribution < 1.29 is 10.2 Å². The summed E-state index contributed by atoms with van der Waals surface area (Å²) in [6.07, 6.45) is 0. The zero-order valence-corrected chi connectivity index (χ0v) is 10.2. The molecule has 0 saturated heterocycles. The molecule has 0 heterocycles. The van der Waals surface area contributed by atoms with Gasteiger partial charge >= 0.3 is 0 Å². The average molecular weight is 224 g/mol. The number of hydrogen-bond donors (Lipinski definition) is 4. The maximum absolute atomic E-state index is 9.65. The smallest absolute Gasteiger partial charge is 0.142 e. The first-order valence-electron chi connectivity index (χ1n) is 5.49. The Labute approximate surface area is 96.3 Å². The van der Waals surface area contributed by atoms with Crippen molar-refractivity contribution >= 4 is 11.4 Å². The van der Waals surface area contributed by atoms with Crippen LogP contribution < -0.4 is 10.6 Å². The molecule has 0 fully saturated rings. The zero-order valence-electron chi connectivity index (χ0n) is 10.2. The number of hydrogen-bond acceptors (Lipinski definition) is 4. The van der Waals surface area contributed by atoms with Crippen LogP contribution in [0.4, 0.5) is 11.4 Å². The molecule has 0 aliphatic rings. The second kappa shape index (κ2) is 4.96.